The average molecular weight is 745 g/mol. The molecule has 0 rings (SSSR count). The topological polar surface area (TPSA) is 78.9 Å². The van der Waals surface area contributed by atoms with E-state index in [4.69, 9.17) is 14.2 Å². The summed E-state index contributed by atoms with van der Waals surface area (Å²) in [6, 6.07) is 0. The normalized spacial score (nSPS) is 12.3. The second-order valence-electron chi connectivity index (χ2n) is 14.9. The minimum absolute atomic E-state index is 0.0851. The van der Waals surface area contributed by atoms with Crippen LogP contribution in [0.4, 0.5) is 0 Å². The van der Waals surface area contributed by atoms with Crippen LogP contribution in [0.25, 0.3) is 0 Å². The highest BCUT2D eigenvalue weighted by molar-refractivity contribution is 5.71. The van der Waals surface area contributed by atoms with Crippen molar-refractivity contribution in [1.82, 2.24) is 0 Å². The summed E-state index contributed by atoms with van der Waals surface area (Å²) in [6.07, 6.45) is 47.2. The van der Waals surface area contributed by atoms with Gasteiger partial charge in [-0.25, -0.2) is 0 Å². The molecule has 1 unspecified atom stereocenters. The van der Waals surface area contributed by atoms with Crippen molar-refractivity contribution in [1.29, 1.82) is 0 Å². The number of hydrogen-bond acceptors (Lipinski definition) is 6. The van der Waals surface area contributed by atoms with E-state index in [1.165, 1.54) is 116 Å². The van der Waals surface area contributed by atoms with Crippen molar-refractivity contribution < 1.29 is 28.6 Å². The van der Waals surface area contributed by atoms with Gasteiger partial charge in [0.05, 0.1) is 0 Å². The van der Waals surface area contributed by atoms with E-state index in [9.17, 15) is 14.4 Å². The Hall–Kier alpha value is -2.37. The number of esters is 3. The monoisotopic (exact) mass is 745 g/mol. The van der Waals surface area contributed by atoms with Crippen molar-refractivity contribution >= 4 is 17.9 Å². The quantitative estimate of drug-likeness (QED) is 0.0269. The molecule has 6 heteroatoms. The summed E-state index contributed by atoms with van der Waals surface area (Å²) >= 11 is 0. The van der Waals surface area contributed by atoms with Gasteiger partial charge in [0.2, 0.25) is 0 Å². The lowest BCUT2D eigenvalue weighted by Gasteiger charge is -2.18. The van der Waals surface area contributed by atoms with Crippen molar-refractivity contribution in [3.05, 3.63) is 36.5 Å². The molecule has 0 aliphatic carbocycles. The molecule has 0 saturated heterocycles. The van der Waals surface area contributed by atoms with Crippen LogP contribution in [0.2, 0.25) is 0 Å². The fourth-order valence-electron chi connectivity index (χ4n) is 6.24. The highest BCUT2D eigenvalue weighted by atomic mass is 16.6. The van der Waals surface area contributed by atoms with Gasteiger partial charge in [-0.15, -0.1) is 0 Å². The first-order valence-electron chi connectivity index (χ1n) is 22.5. The first kappa shape index (κ1) is 50.6. The first-order valence-corrected chi connectivity index (χ1v) is 22.5. The largest absolute Gasteiger partial charge is 0.462 e. The fraction of sp³-hybridized carbons (Fsp3) is 0.809. The first-order chi connectivity index (χ1) is 26.0. The van der Waals surface area contributed by atoms with Gasteiger partial charge in [0.25, 0.3) is 0 Å². The van der Waals surface area contributed by atoms with E-state index in [2.05, 4.69) is 57.2 Å². The molecule has 0 amide bonds. The molecule has 1 atom stereocenters. The van der Waals surface area contributed by atoms with Gasteiger partial charge in [-0.05, 0) is 70.6 Å². The molecule has 53 heavy (non-hydrogen) atoms. The molecule has 0 aromatic carbocycles. The van der Waals surface area contributed by atoms with Crippen molar-refractivity contribution in [3.8, 4) is 0 Å². The number of allylic oxidation sites excluding steroid dienone is 6. The summed E-state index contributed by atoms with van der Waals surface area (Å²) in [7, 11) is 0. The SMILES string of the molecule is CC/C=C\C/C=C\CCCCC(=O)OC(COC(=O)CCCCCCCCC/C=C\CCCCCCCC)COC(=O)CCCCCCCCCCC. The fourth-order valence-corrected chi connectivity index (χ4v) is 6.24. The zero-order chi connectivity index (χ0) is 38.7. The summed E-state index contributed by atoms with van der Waals surface area (Å²) in [5.74, 6) is -0.929. The highest BCUT2D eigenvalue weighted by Crippen LogP contribution is 2.14. The van der Waals surface area contributed by atoms with Crippen molar-refractivity contribution in [2.75, 3.05) is 13.2 Å². The Bertz CT molecular complexity index is 907. The van der Waals surface area contributed by atoms with Gasteiger partial charge < -0.3 is 14.2 Å². The molecule has 0 saturated carbocycles. The lowest BCUT2D eigenvalue weighted by Crippen LogP contribution is -2.30. The lowest BCUT2D eigenvalue weighted by molar-refractivity contribution is -0.167. The van der Waals surface area contributed by atoms with Crippen LogP contribution in [0.3, 0.4) is 0 Å². The van der Waals surface area contributed by atoms with E-state index in [0.717, 1.165) is 70.6 Å². The summed E-state index contributed by atoms with van der Waals surface area (Å²) in [4.78, 5) is 37.6. The maximum Gasteiger partial charge on any atom is 0.306 e. The number of unbranched alkanes of at least 4 members (excludes halogenated alkanes) is 23. The van der Waals surface area contributed by atoms with Gasteiger partial charge in [0, 0.05) is 19.3 Å². The van der Waals surface area contributed by atoms with Crippen LogP contribution in [0, 0.1) is 0 Å². The minimum atomic E-state index is -0.783. The average Bonchev–Trinajstić information content (AvgIpc) is 3.15. The second-order valence-corrected chi connectivity index (χ2v) is 14.9. The number of hydrogen-bond donors (Lipinski definition) is 0. The number of rotatable bonds is 40. The minimum Gasteiger partial charge on any atom is -0.462 e. The van der Waals surface area contributed by atoms with Gasteiger partial charge in [-0.2, -0.15) is 0 Å². The third-order valence-electron chi connectivity index (χ3n) is 9.63. The van der Waals surface area contributed by atoms with Crippen LogP contribution in [-0.2, 0) is 28.6 Å². The maximum atomic E-state index is 12.6. The molecule has 0 heterocycles. The molecule has 0 spiro atoms. The smallest absolute Gasteiger partial charge is 0.306 e. The van der Waals surface area contributed by atoms with Gasteiger partial charge in [-0.3, -0.25) is 14.4 Å². The molecule has 0 bridgehead atoms. The Balaban J connectivity index is 4.29. The van der Waals surface area contributed by atoms with Crippen LogP contribution < -0.4 is 0 Å². The van der Waals surface area contributed by atoms with Crippen LogP contribution in [-0.4, -0.2) is 37.2 Å². The van der Waals surface area contributed by atoms with Crippen LogP contribution in [0.5, 0.6) is 0 Å². The zero-order valence-electron chi connectivity index (χ0n) is 35.0. The van der Waals surface area contributed by atoms with E-state index in [1.54, 1.807) is 0 Å². The summed E-state index contributed by atoms with van der Waals surface area (Å²) in [5.41, 5.74) is 0. The molecule has 0 aliphatic rings. The maximum absolute atomic E-state index is 12.6. The van der Waals surface area contributed by atoms with Crippen LogP contribution >= 0.6 is 0 Å². The molecular formula is C47H84O6. The van der Waals surface area contributed by atoms with E-state index >= 15 is 0 Å². The Morgan fingerprint density at radius 1 is 0.396 bits per heavy atom. The predicted molar refractivity (Wildman–Crippen MR) is 224 cm³/mol. The molecule has 6 nitrogen and oxygen atoms in total. The molecule has 0 N–H and O–H groups in total. The van der Waals surface area contributed by atoms with Crippen LogP contribution in [0.15, 0.2) is 36.5 Å². The zero-order valence-corrected chi connectivity index (χ0v) is 35.0. The Labute approximate surface area is 327 Å². The molecule has 0 aromatic rings. The molecule has 308 valence electrons. The molecular weight excluding hydrogens is 661 g/mol. The van der Waals surface area contributed by atoms with Crippen molar-refractivity contribution in [2.45, 2.75) is 232 Å². The molecule has 0 fully saturated rings. The Kier molecular flexibility index (Phi) is 40.5. The third kappa shape index (κ3) is 40.6. The number of carbonyl (C=O) groups excluding carboxylic acids is 3. The van der Waals surface area contributed by atoms with Crippen LogP contribution in [0.1, 0.15) is 226 Å². The number of carbonyl (C=O) groups is 3. The Morgan fingerprint density at radius 2 is 0.736 bits per heavy atom. The van der Waals surface area contributed by atoms with E-state index < -0.39 is 6.10 Å². The van der Waals surface area contributed by atoms with Gasteiger partial charge in [0.1, 0.15) is 13.2 Å². The number of ether oxygens (including phenoxy) is 3. The van der Waals surface area contributed by atoms with E-state index in [-0.39, 0.29) is 37.5 Å². The van der Waals surface area contributed by atoms with E-state index in [1.807, 2.05) is 0 Å². The standard InChI is InChI=1S/C47H84O6/c1-4-7-10-13-16-19-20-21-22-23-24-25-26-29-31-34-37-40-46(49)52-43-44(53-47(50)41-38-35-32-28-18-15-12-9-6-3)42-51-45(48)39-36-33-30-27-17-14-11-8-5-2/h9,12,18,21-22,28,44H,4-8,10-11,13-17,19-20,23-27,29-43H2,1-3H3/b12-9-,22-21-,28-18-. The van der Waals surface area contributed by atoms with Gasteiger partial charge in [0.15, 0.2) is 6.10 Å². The second kappa shape index (κ2) is 42.4. The summed E-state index contributed by atoms with van der Waals surface area (Å²) < 4.78 is 16.6. The highest BCUT2D eigenvalue weighted by Gasteiger charge is 2.19. The van der Waals surface area contributed by atoms with E-state index in [0.29, 0.717) is 12.8 Å². The van der Waals surface area contributed by atoms with Crippen molar-refractivity contribution in [3.63, 3.8) is 0 Å². The third-order valence-corrected chi connectivity index (χ3v) is 9.63. The molecule has 0 aliphatic heterocycles. The Morgan fingerprint density at radius 3 is 1.19 bits per heavy atom. The van der Waals surface area contributed by atoms with Gasteiger partial charge in [-0.1, -0.05) is 173 Å². The van der Waals surface area contributed by atoms with Crippen molar-refractivity contribution in [2.24, 2.45) is 0 Å². The van der Waals surface area contributed by atoms with Gasteiger partial charge >= 0.3 is 17.9 Å². The predicted octanol–water partition coefficient (Wildman–Crippen LogP) is 14.2. The summed E-state index contributed by atoms with van der Waals surface area (Å²) in [6.45, 7) is 6.45. The molecule has 0 radical (unpaired) electrons. The summed E-state index contributed by atoms with van der Waals surface area (Å²) in [5, 5.41) is 0. The lowest BCUT2D eigenvalue weighted by atomic mass is 10.1. The molecule has 0 aromatic heterocycles.